The predicted octanol–water partition coefficient (Wildman–Crippen LogP) is 3.83. The lowest BCUT2D eigenvalue weighted by atomic mass is 10.1. The SMILES string of the molecule is CC1CCCCCN1C(=O)Nc1ccc(Cl)cc1C(=O)O. The van der Waals surface area contributed by atoms with Gasteiger partial charge in [0.2, 0.25) is 0 Å². The van der Waals surface area contributed by atoms with E-state index in [2.05, 4.69) is 5.32 Å². The predicted molar refractivity (Wildman–Crippen MR) is 82.1 cm³/mol. The summed E-state index contributed by atoms with van der Waals surface area (Å²) in [6.45, 7) is 2.72. The van der Waals surface area contributed by atoms with Gasteiger partial charge in [0.25, 0.3) is 0 Å². The van der Waals surface area contributed by atoms with E-state index < -0.39 is 5.97 Å². The maximum atomic E-state index is 12.4. The zero-order valence-corrected chi connectivity index (χ0v) is 12.7. The van der Waals surface area contributed by atoms with Crippen LogP contribution in [-0.4, -0.2) is 34.6 Å². The Morgan fingerprint density at radius 2 is 2.10 bits per heavy atom. The molecule has 2 amide bonds. The van der Waals surface area contributed by atoms with Gasteiger partial charge in [0.1, 0.15) is 0 Å². The fourth-order valence-corrected chi connectivity index (χ4v) is 2.74. The molecule has 0 spiro atoms. The third kappa shape index (κ3) is 3.88. The zero-order chi connectivity index (χ0) is 15.4. The molecule has 0 bridgehead atoms. The molecule has 2 N–H and O–H groups in total. The van der Waals surface area contributed by atoms with E-state index in [4.69, 9.17) is 11.6 Å². The smallest absolute Gasteiger partial charge is 0.337 e. The molecule has 1 aliphatic rings. The molecular formula is C15H19ClN2O3. The van der Waals surface area contributed by atoms with Crippen molar-refractivity contribution in [3.8, 4) is 0 Å². The molecule has 1 atom stereocenters. The summed E-state index contributed by atoms with van der Waals surface area (Å²) >= 11 is 5.80. The Morgan fingerprint density at radius 1 is 1.33 bits per heavy atom. The fourth-order valence-electron chi connectivity index (χ4n) is 2.57. The second-order valence-corrected chi connectivity index (χ2v) is 5.75. The lowest BCUT2D eigenvalue weighted by molar-refractivity contribution is 0.0698. The molecule has 1 fully saturated rings. The number of carbonyl (C=O) groups is 2. The second kappa shape index (κ2) is 6.80. The molecule has 2 rings (SSSR count). The number of benzene rings is 1. The number of aromatic carboxylic acids is 1. The summed E-state index contributed by atoms with van der Waals surface area (Å²) in [5, 5.41) is 12.2. The summed E-state index contributed by atoms with van der Waals surface area (Å²) in [7, 11) is 0. The van der Waals surface area contributed by atoms with Gasteiger partial charge in [0.05, 0.1) is 11.3 Å². The number of carboxylic acids is 1. The van der Waals surface area contributed by atoms with Crippen LogP contribution in [-0.2, 0) is 0 Å². The maximum Gasteiger partial charge on any atom is 0.337 e. The number of halogens is 1. The van der Waals surface area contributed by atoms with E-state index in [9.17, 15) is 14.7 Å². The van der Waals surface area contributed by atoms with Crippen molar-refractivity contribution in [2.24, 2.45) is 0 Å². The van der Waals surface area contributed by atoms with Crippen molar-refractivity contribution in [2.45, 2.75) is 38.6 Å². The van der Waals surface area contributed by atoms with E-state index in [0.717, 1.165) is 25.7 Å². The molecule has 5 nitrogen and oxygen atoms in total. The van der Waals surface area contributed by atoms with E-state index in [0.29, 0.717) is 11.6 Å². The Labute approximate surface area is 128 Å². The molecule has 1 saturated heterocycles. The molecule has 1 aromatic carbocycles. The highest BCUT2D eigenvalue weighted by Crippen LogP contribution is 2.23. The Kier molecular flexibility index (Phi) is 5.07. The molecule has 0 aliphatic carbocycles. The van der Waals surface area contributed by atoms with Crippen molar-refractivity contribution in [1.82, 2.24) is 4.90 Å². The largest absolute Gasteiger partial charge is 0.478 e. The molecule has 1 unspecified atom stereocenters. The van der Waals surface area contributed by atoms with Crippen LogP contribution in [0.2, 0.25) is 5.02 Å². The van der Waals surface area contributed by atoms with Crippen LogP contribution in [0.5, 0.6) is 0 Å². The van der Waals surface area contributed by atoms with Crippen LogP contribution in [0.1, 0.15) is 43.0 Å². The fraction of sp³-hybridized carbons (Fsp3) is 0.467. The van der Waals surface area contributed by atoms with Crippen molar-refractivity contribution in [3.63, 3.8) is 0 Å². The number of hydrogen-bond acceptors (Lipinski definition) is 2. The van der Waals surface area contributed by atoms with Crippen LogP contribution in [0.25, 0.3) is 0 Å². The minimum atomic E-state index is -1.11. The van der Waals surface area contributed by atoms with Crippen LogP contribution in [0.4, 0.5) is 10.5 Å². The van der Waals surface area contributed by atoms with Gasteiger partial charge in [-0.25, -0.2) is 9.59 Å². The number of rotatable bonds is 2. The highest BCUT2D eigenvalue weighted by molar-refractivity contribution is 6.31. The van der Waals surface area contributed by atoms with Gasteiger partial charge >= 0.3 is 12.0 Å². The van der Waals surface area contributed by atoms with Gasteiger partial charge in [-0.15, -0.1) is 0 Å². The van der Waals surface area contributed by atoms with E-state index in [1.54, 1.807) is 11.0 Å². The number of carbonyl (C=O) groups excluding carboxylic acids is 1. The number of nitrogens with zero attached hydrogens (tertiary/aromatic N) is 1. The third-order valence-electron chi connectivity index (χ3n) is 3.77. The molecule has 114 valence electrons. The molecule has 1 aliphatic heterocycles. The highest BCUT2D eigenvalue weighted by Gasteiger charge is 2.23. The van der Waals surface area contributed by atoms with E-state index in [-0.39, 0.29) is 23.3 Å². The van der Waals surface area contributed by atoms with Gasteiger partial charge in [0, 0.05) is 17.6 Å². The molecule has 6 heteroatoms. The number of anilines is 1. The van der Waals surface area contributed by atoms with Crippen molar-refractivity contribution in [2.75, 3.05) is 11.9 Å². The zero-order valence-electron chi connectivity index (χ0n) is 11.9. The third-order valence-corrected chi connectivity index (χ3v) is 4.00. The van der Waals surface area contributed by atoms with E-state index >= 15 is 0 Å². The number of hydrogen-bond donors (Lipinski definition) is 2. The van der Waals surface area contributed by atoms with Gasteiger partial charge in [-0.2, -0.15) is 0 Å². The lowest BCUT2D eigenvalue weighted by Crippen LogP contribution is -2.41. The first-order valence-corrected chi connectivity index (χ1v) is 7.47. The Hall–Kier alpha value is -1.75. The number of nitrogens with one attached hydrogen (secondary N) is 1. The van der Waals surface area contributed by atoms with Crippen molar-refractivity contribution < 1.29 is 14.7 Å². The van der Waals surface area contributed by atoms with Crippen LogP contribution >= 0.6 is 11.6 Å². The van der Waals surface area contributed by atoms with Gasteiger partial charge < -0.3 is 15.3 Å². The van der Waals surface area contributed by atoms with Gasteiger partial charge in [0.15, 0.2) is 0 Å². The number of likely N-dealkylation sites (tertiary alicyclic amines) is 1. The van der Waals surface area contributed by atoms with Gasteiger partial charge in [-0.1, -0.05) is 24.4 Å². The standard InChI is InChI=1S/C15H19ClN2O3/c1-10-5-3-2-4-8-18(10)15(21)17-13-7-6-11(16)9-12(13)14(19)20/h6-7,9-10H,2-5,8H2,1H3,(H,17,21)(H,19,20). The summed E-state index contributed by atoms with van der Waals surface area (Å²) in [5.41, 5.74) is 0.270. The maximum absolute atomic E-state index is 12.4. The molecule has 0 aromatic heterocycles. The first-order chi connectivity index (χ1) is 9.99. The monoisotopic (exact) mass is 310 g/mol. The van der Waals surface area contributed by atoms with E-state index in [1.165, 1.54) is 12.1 Å². The van der Waals surface area contributed by atoms with Crippen LogP contribution in [0.3, 0.4) is 0 Å². The Balaban J connectivity index is 2.17. The summed E-state index contributed by atoms with van der Waals surface area (Å²) in [5.74, 6) is -1.11. The quantitative estimate of drug-likeness (QED) is 0.872. The van der Waals surface area contributed by atoms with Crippen LogP contribution in [0.15, 0.2) is 18.2 Å². The average Bonchev–Trinajstić information content (AvgIpc) is 2.65. The van der Waals surface area contributed by atoms with Gasteiger partial charge in [-0.05, 0) is 38.0 Å². The molecule has 1 aromatic rings. The minimum Gasteiger partial charge on any atom is -0.478 e. The summed E-state index contributed by atoms with van der Waals surface area (Å²) in [6.07, 6.45) is 4.19. The molecule has 0 saturated carbocycles. The summed E-state index contributed by atoms with van der Waals surface area (Å²) < 4.78 is 0. The number of carboxylic acid groups (broad SMARTS) is 1. The number of urea groups is 1. The molecular weight excluding hydrogens is 292 g/mol. The van der Waals surface area contributed by atoms with Crippen molar-refractivity contribution in [3.05, 3.63) is 28.8 Å². The molecule has 1 heterocycles. The highest BCUT2D eigenvalue weighted by atomic mass is 35.5. The molecule has 0 radical (unpaired) electrons. The second-order valence-electron chi connectivity index (χ2n) is 5.32. The van der Waals surface area contributed by atoms with Crippen LogP contribution in [0, 0.1) is 0 Å². The normalized spacial score (nSPS) is 19.0. The van der Waals surface area contributed by atoms with Crippen LogP contribution < -0.4 is 5.32 Å². The van der Waals surface area contributed by atoms with E-state index in [1.807, 2.05) is 6.92 Å². The Morgan fingerprint density at radius 3 is 2.81 bits per heavy atom. The summed E-state index contributed by atoms with van der Waals surface area (Å²) in [6, 6.07) is 4.33. The lowest BCUT2D eigenvalue weighted by Gasteiger charge is -2.27. The first-order valence-electron chi connectivity index (χ1n) is 7.09. The average molecular weight is 311 g/mol. The first kappa shape index (κ1) is 15.6. The Bertz CT molecular complexity index is 548. The number of amides is 2. The summed E-state index contributed by atoms with van der Waals surface area (Å²) in [4.78, 5) is 25.4. The van der Waals surface area contributed by atoms with Crippen molar-refractivity contribution in [1.29, 1.82) is 0 Å². The van der Waals surface area contributed by atoms with Gasteiger partial charge in [-0.3, -0.25) is 0 Å². The minimum absolute atomic E-state index is 0.00155. The molecule has 21 heavy (non-hydrogen) atoms. The topological polar surface area (TPSA) is 69.6 Å². The van der Waals surface area contributed by atoms with Crippen molar-refractivity contribution >= 4 is 29.3 Å².